The molecule has 1 unspecified atom stereocenters. The zero-order valence-electron chi connectivity index (χ0n) is 15.2. The highest BCUT2D eigenvalue weighted by atomic mass is 35.5. The van der Waals surface area contributed by atoms with Gasteiger partial charge in [0.15, 0.2) is 0 Å². The van der Waals surface area contributed by atoms with Crippen LogP contribution in [0.25, 0.3) is 0 Å². The van der Waals surface area contributed by atoms with E-state index in [1.54, 1.807) is 0 Å². The second kappa shape index (κ2) is 7.46. The minimum Gasteiger partial charge on any atom is -0.426 e. The van der Waals surface area contributed by atoms with Gasteiger partial charge in [0, 0.05) is 24.3 Å². The lowest BCUT2D eigenvalue weighted by atomic mass is 10.0. The number of piperazine rings is 1. The van der Waals surface area contributed by atoms with Crippen LogP contribution < -0.4 is 5.19 Å². The van der Waals surface area contributed by atoms with E-state index >= 15 is 0 Å². The molecule has 24 heavy (non-hydrogen) atoms. The molecule has 1 aromatic carbocycles. The van der Waals surface area contributed by atoms with Gasteiger partial charge in [-0.05, 0) is 22.9 Å². The molecule has 1 saturated heterocycles. The van der Waals surface area contributed by atoms with Crippen molar-refractivity contribution in [1.82, 2.24) is 4.90 Å². The van der Waals surface area contributed by atoms with Gasteiger partial charge in [-0.3, -0.25) is 4.90 Å². The van der Waals surface area contributed by atoms with E-state index in [0.29, 0.717) is 5.54 Å². The first-order valence-corrected chi connectivity index (χ1v) is 12.0. The highest BCUT2D eigenvalue weighted by molar-refractivity contribution is 6.86. The summed E-state index contributed by atoms with van der Waals surface area (Å²) in [4.78, 5) is 14.5. The van der Waals surface area contributed by atoms with Crippen molar-refractivity contribution in [3.63, 3.8) is 0 Å². The Hall–Kier alpha value is -0.393. The molecule has 0 aromatic heterocycles. The third-order valence-corrected chi connectivity index (χ3v) is 10.6. The van der Waals surface area contributed by atoms with Crippen molar-refractivity contribution in [1.29, 1.82) is 0 Å². The van der Waals surface area contributed by atoms with Gasteiger partial charge in [-0.1, -0.05) is 55.8 Å². The summed E-state index contributed by atoms with van der Waals surface area (Å²) in [5.41, 5.74) is 0.497. The molecule has 0 bridgehead atoms. The minimum atomic E-state index is -2.52. The Labute approximate surface area is 152 Å². The second-order valence-electron chi connectivity index (χ2n) is 8.43. The average Bonchev–Trinajstić information content (AvgIpc) is 2.58. The summed E-state index contributed by atoms with van der Waals surface area (Å²) in [6.07, 6.45) is 7.16. The van der Waals surface area contributed by atoms with Gasteiger partial charge in [-0.25, -0.2) is 0 Å². The molecule has 0 spiro atoms. The average molecular weight is 368 g/mol. The Morgan fingerprint density at radius 2 is 1.67 bits per heavy atom. The Morgan fingerprint density at radius 1 is 1.08 bits per heavy atom. The van der Waals surface area contributed by atoms with E-state index in [9.17, 15) is 4.80 Å². The number of likely N-dealkylation sites (N-methyl/N-ethyl adjacent to an activating group) is 1. The molecule has 2 aliphatic rings. The third kappa shape index (κ3) is 4.22. The summed E-state index contributed by atoms with van der Waals surface area (Å²) in [5, 5.41) is 1.94. The first-order chi connectivity index (χ1) is 11.4. The van der Waals surface area contributed by atoms with Crippen molar-refractivity contribution in [2.24, 2.45) is 0 Å². The number of hydrogen-bond donors (Lipinski definition) is 1. The van der Waals surface area contributed by atoms with Gasteiger partial charge in [-0.2, -0.15) is 0 Å². The molecular weight excluding hydrogens is 336 g/mol. The van der Waals surface area contributed by atoms with Gasteiger partial charge < -0.3 is 9.28 Å². The molecule has 5 heteroatoms. The summed E-state index contributed by atoms with van der Waals surface area (Å²) in [5.74, 6) is 0. The smallest absolute Gasteiger partial charge is 0.237 e. The van der Waals surface area contributed by atoms with Crippen LogP contribution in [-0.2, 0) is 0 Å². The molecule has 3 rings (SSSR count). The molecule has 134 valence electrons. The van der Waals surface area contributed by atoms with Crippen LogP contribution in [0.1, 0.15) is 32.1 Å². The quantitative estimate of drug-likeness (QED) is 0.653. The van der Waals surface area contributed by atoms with E-state index in [2.05, 4.69) is 31.1 Å². The molecule has 0 radical (unpaired) electrons. The molecule has 0 amide bonds. The first-order valence-electron chi connectivity index (χ1n) is 9.42. The van der Waals surface area contributed by atoms with E-state index in [1.165, 1.54) is 50.4 Å². The van der Waals surface area contributed by atoms with Crippen LogP contribution in [0.3, 0.4) is 0 Å². The lowest BCUT2D eigenvalue weighted by Gasteiger charge is -2.44. The van der Waals surface area contributed by atoms with E-state index in [0.717, 1.165) is 28.8 Å². The normalized spacial score (nSPS) is 25.3. The van der Waals surface area contributed by atoms with Crippen LogP contribution in [0.2, 0.25) is 10.6 Å². The maximum atomic E-state index is 11.9. The van der Waals surface area contributed by atoms with Crippen LogP contribution in [0, 0.1) is 0 Å². The fourth-order valence-electron chi connectivity index (χ4n) is 4.32. The minimum absolute atomic E-state index is 0.497. The van der Waals surface area contributed by atoms with Crippen molar-refractivity contribution in [2.75, 3.05) is 46.4 Å². The fourth-order valence-corrected chi connectivity index (χ4v) is 8.47. The van der Waals surface area contributed by atoms with Crippen LogP contribution in [0.4, 0.5) is 0 Å². The monoisotopic (exact) mass is 367 g/mol. The molecule has 1 heterocycles. The van der Waals surface area contributed by atoms with E-state index in [-0.39, 0.29) is 0 Å². The van der Waals surface area contributed by atoms with Crippen molar-refractivity contribution in [2.45, 2.75) is 37.6 Å². The van der Waals surface area contributed by atoms with Crippen molar-refractivity contribution in [3.8, 4) is 0 Å². The predicted octanol–water partition coefficient (Wildman–Crippen LogP) is 2.75. The summed E-state index contributed by atoms with van der Waals surface area (Å²) in [6.45, 7) is 4.55. The van der Waals surface area contributed by atoms with Crippen LogP contribution in [0.5, 0.6) is 0 Å². The van der Waals surface area contributed by atoms with Crippen molar-refractivity contribution < 1.29 is 9.28 Å². The Bertz CT molecular complexity index is 535. The summed E-state index contributed by atoms with van der Waals surface area (Å²) in [6, 6.07) is 8.09. The largest absolute Gasteiger partial charge is 0.426 e. The van der Waals surface area contributed by atoms with Gasteiger partial charge in [0.2, 0.25) is 8.32 Å². The van der Waals surface area contributed by atoms with Crippen molar-refractivity contribution >= 4 is 25.1 Å². The number of hydrogen-bond acceptors (Lipinski definition) is 2. The van der Waals surface area contributed by atoms with Crippen LogP contribution in [0.15, 0.2) is 24.3 Å². The highest BCUT2D eigenvalue weighted by Gasteiger charge is 2.44. The SMILES string of the molecule is C[N+]1(C)CCN(C[Si](O)(c2ccc(Cl)cc2)C2CCCCC2)CC1. The lowest BCUT2D eigenvalue weighted by Crippen LogP contribution is -2.64. The van der Waals surface area contributed by atoms with Crippen LogP contribution in [-0.4, -0.2) is 68.9 Å². The molecule has 1 N–H and O–H groups in total. The number of quaternary nitrogens is 1. The third-order valence-electron chi connectivity index (χ3n) is 6.13. The molecule has 3 nitrogen and oxygen atoms in total. The zero-order chi connectivity index (χ0) is 17.2. The molecule has 1 aliphatic heterocycles. The first kappa shape index (κ1) is 18.4. The van der Waals surface area contributed by atoms with E-state index in [4.69, 9.17) is 11.6 Å². The topological polar surface area (TPSA) is 23.5 Å². The predicted molar refractivity (Wildman–Crippen MR) is 104 cm³/mol. The number of nitrogens with zero attached hydrogens (tertiary/aromatic N) is 2. The van der Waals surface area contributed by atoms with Gasteiger partial charge in [0.1, 0.15) is 0 Å². The maximum absolute atomic E-state index is 11.9. The molecule has 1 aromatic rings. The van der Waals surface area contributed by atoms with E-state index < -0.39 is 8.32 Å². The van der Waals surface area contributed by atoms with Crippen LogP contribution >= 0.6 is 11.6 Å². The molecule has 1 aliphatic carbocycles. The maximum Gasteiger partial charge on any atom is 0.237 e. The number of benzene rings is 1. The zero-order valence-corrected chi connectivity index (χ0v) is 16.9. The summed E-state index contributed by atoms with van der Waals surface area (Å²) < 4.78 is 1.10. The molecule has 1 atom stereocenters. The van der Waals surface area contributed by atoms with Gasteiger partial charge in [0.05, 0.1) is 27.2 Å². The van der Waals surface area contributed by atoms with Gasteiger partial charge in [0.25, 0.3) is 0 Å². The Kier molecular flexibility index (Phi) is 5.72. The Balaban J connectivity index is 1.80. The van der Waals surface area contributed by atoms with Gasteiger partial charge >= 0.3 is 0 Å². The number of halogens is 1. The van der Waals surface area contributed by atoms with Gasteiger partial charge in [-0.15, -0.1) is 0 Å². The number of rotatable bonds is 4. The molecule has 1 saturated carbocycles. The second-order valence-corrected chi connectivity index (χ2v) is 12.4. The Morgan fingerprint density at radius 3 is 2.25 bits per heavy atom. The standard InChI is InChI=1S/C19H32ClN2OSi/c1-22(2)14-12-21(13-15-22)16-24(23,18-6-4-3-5-7-18)19-10-8-17(20)9-11-19/h8-11,18,23H,3-7,12-16H2,1-2H3/q+1. The molecule has 2 fully saturated rings. The fraction of sp³-hybridized carbons (Fsp3) is 0.684. The molecular formula is C19H32ClN2OSi+. The summed E-state index contributed by atoms with van der Waals surface area (Å²) in [7, 11) is 2.09. The highest BCUT2D eigenvalue weighted by Crippen LogP contribution is 2.36. The lowest BCUT2D eigenvalue weighted by molar-refractivity contribution is -0.894. The van der Waals surface area contributed by atoms with E-state index in [1.807, 2.05) is 12.1 Å². The van der Waals surface area contributed by atoms with Crippen molar-refractivity contribution in [3.05, 3.63) is 29.3 Å². The summed E-state index contributed by atoms with van der Waals surface area (Å²) >= 11 is 6.09.